The van der Waals surface area contributed by atoms with E-state index in [0.717, 1.165) is 11.3 Å². The van der Waals surface area contributed by atoms with E-state index in [1.54, 1.807) is 4.90 Å². The maximum atomic E-state index is 12.4. The fraction of sp³-hybridized carbons (Fsp3) is 0.316. The largest absolute Gasteiger partial charge is 0.394 e. The van der Waals surface area contributed by atoms with Crippen LogP contribution in [0, 0.1) is 6.92 Å². The molecule has 0 bridgehead atoms. The minimum atomic E-state index is -0.287. The van der Waals surface area contributed by atoms with Crippen molar-refractivity contribution in [3.05, 3.63) is 54.1 Å². The number of amides is 2. The van der Waals surface area contributed by atoms with Crippen LogP contribution in [0.2, 0.25) is 0 Å². The van der Waals surface area contributed by atoms with Gasteiger partial charge in [-0.25, -0.2) is 4.79 Å². The van der Waals surface area contributed by atoms with Crippen LogP contribution in [0.4, 0.5) is 10.5 Å². The van der Waals surface area contributed by atoms with Crippen molar-refractivity contribution >= 4 is 11.7 Å². The van der Waals surface area contributed by atoms with Gasteiger partial charge in [-0.2, -0.15) is 0 Å². The van der Waals surface area contributed by atoms with Gasteiger partial charge in [0.15, 0.2) is 0 Å². The molecular formula is C19H22N2O3. The molecular weight excluding hydrogens is 304 g/mol. The summed E-state index contributed by atoms with van der Waals surface area (Å²) in [5.74, 6) is 0. The number of urea groups is 1. The number of nitrogens with one attached hydrogen (secondary N) is 1. The number of benzene rings is 2. The molecule has 0 aromatic heterocycles. The second kappa shape index (κ2) is 7.47. The van der Waals surface area contributed by atoms with Crippen molar-refractivity contribution in [2.24, 2.45) is 0 Å². The topological polar surface area (TPSA) is 61.8 Å². The highest BCUT2D eigenvalue weighted by atomic mass is 16.5. The van der Waals surface area contributed by atoms with E-state index in [4.69, 9.17) is 4.74 Å². The number of rotatable bonds is 3. The molecule has 2 N–H and O–H groups in total. The van der Waals surface area contributed by atoms with Gasteiger partial charge >= 0.3 is 6.03 Å². The molecule has 2 aromatic carbocycles. The fourth-order valence-corrected chi connectivity index (χ4v) is 2.90. The van der Waals surface area contributed by atoms with Gasteiger partial charge in [-0.3, -0.25) is 0 Å². The number of anilines is 1. The predicted molar refractivity (Wildman–Crippen MR) is 94.0 cm³/mol. The zero-order valence-electron chi connectivity index (χ0n) is 13.7. The number of carbonyl (C=O) groups excluding carboxylic acids is 1. The van der Waals surface area contributed by atoms with E-state index in [1.807, 2.05) is 36.4 Å². The molecule has 5 heteroatoms. The van der Waals surface area contributed by atoms with Crippen LogP contribution >= 0.6 is 0 Å². The molecule has 1 atom stereocenters. The third-order valence-corrected chi connectivity index (χ3v) is 4.29. The number of nitrogens with zero attached hydrogens (tertiary/aromatic N) is 1. The predicted octanol–water partition coefficient (Wildman–Crippen LogP) is 2.89. The third-order valence-electron chi connectivity index (χ3n) is 4.29. The number of ether oxygens (including phenoxy) is 1. The van der Waals surface area contributed by atoms with Gasteiger partial charge in [0.25, 0.3) is 0 Å². The molecule has 5 nitrogen and oxygen atoms in total. The Morgan fingerprint density at radius 2 is 2.00 bits per heavy atom. The molecule has 3 rings (SSSR count). The Labute approximate surface area is 141 Å². The monoisotopic (exact) mass is 326 g/mol. The highest BCUT2D eigenvalue weighted by Crippen LogP contribution is 2.24. The lowest BCUT2D eigenvalue weighted by Crippen LogP contribution is -2.52. The lowest BCUT2D eigenvalue weighted by Gasteiger charge is -2.34. The van der Waals surface area contributed by atoms with Gasteiger partial charge in [-0.1, -0.05) is 36.4 Å². The zero-order valence-corrected chi connectivity index (χ0v) is 13.7. The van der Waals surface area contributed by atoms with Crippen LogP contribution in [0.15, 0.2) is 48.5 Å². The second-order valence-electron chi connectivity index (χ2n) is 5.93. The molecule has 0 radical (unpaired) electrons. The van der Waals surface area contributed by atoms with E-state index >= 15 is 0 Å². The Morgan fingerprint density at radius 1 is 1.25 bits per heavy atom. The Morgan fingerprint density at radius 3 is 2.71 bits per heavy atom. The highest BCUT2D eigenvalue weighted by molar-refractivity contribution is 5.90. The van der Waals surface area contributed by atoms with Crippen molar-refractivity contribution in [3.63, 3.8) is 0 Å². The van der Waals surface area contributed by atoms with E-state index in [2.05, 4.69) is 24.4 Å². The number of hydrogen-bond donors (Lipinski definition) is 2. The molecule has 0 aliphatic carbocycles. The van der Waals surface area contributed by atoms with Gasteiger partial charge in [0.05, 0.1) is 25.9 Å². The second-order valence-corrected chi connectivity index (χ2v) is 5.93. The van der Waals surface area contributed by atoms with E-state index < -0.39 is 0 Å². The number of carbonyl (C=O) groups is 1. The van der Waals surface area contributed by atoms with Crippen molar-refractivity contribution < 1.29 is 14.6 Å². The Kier molecular flexibility index (Phi) is 5.13. The zero-order chi connectivity index (χ0) is 16.9. The van der Waals surface area contributed by atoms with Crippen molar-refractivity contribution in [2.75, 3.05) is 31.7 Å². The van der Waals surface area contributed by atoms with Gasteiger partial charge in [0, 0.05) is 12.2 Å². The lowest BCUT2D eigenvalue weighted by atomic mass is 10.0. The fourth-order valence-electron chi connectivity index (χ4n) is 2.90. The maximum Gasteiger partial charge on any atom is 0.322 e. The van der Waals surface area contributed by atoms with Crippen molar-refractivity contribution in [1.82, 2.24) is 4.90 Å². The van der Waals surface area contributed by atoms with Crippen molar-refractivity contribution in [1.29, 1.82) is 0 Å². The minimum Gasteiger partial charge on any atom is -0.394 e. The van der Waals surface area contributed by atoms with Crippen LogP contribution in [0.3, 0.4) is 0 Å². The van der Waals surface area contributed by atoms with Gasteiger partial charge in [0.1, 0.15) is 0 Å². The molecule has 1 aliphatic rings. The average Bonchev–Trinajstić information content (AvgIpc) is 2.63. The van der Waals surface area contributed by atoms with Gasteiger partial charge in [-0.05, 0) is 35.7 Å². The quantitative estimate of drug-likeness (QED) is 0.912. The van der Waals surface area contributed by atoms with Crippen LogP contribution < -0.4 is 5.32 Å². The maximum absolute atomic E-state index is 12.4. The molecule has 0 saturated carbocycles. The number of morpholine rings is 1. The summed E-state index contributed by atoms with van der Waals surface area (Å²) in [7, 11) is 0. The summed E-state index contributed by atoms with van der Waals surface area (Å²) in [5.41, 5.74) is 4.25. The standard InChI is InChI=1S/C19H22N2O3/c1-14-4-2-3-5-18(14)15-6-8-16(9-7-15)20-19(23)21-10-11-24-13-17(21)12-22/h2-9,17,22H,10-13H2,1H3,(H,20,23)/t17-/m0/s1. The van der Waals surface area contributed by atoms with Gasteiger partial charge < -0.3 is 20.1 Å². The number of hydrogen-bond acceptors (Lipinski definition) is 3. The molecule has 1 saturated heterocycles. The molecule has 0 unspecified atom stereocenters. The van der Waals surface area contributed by atoms with E-state index in [1.165, 1.54) is 11.1 Å². The molecule has 1 aliphatic heterocycles. The number of aliphatic hydroxyl groups is 1. The first-order chi connectivity index (χ1) is 11.7. The Hall–Kier alpha value is -2.37. The first-order valence-corrected chi connectivity index (χ1v) is 8.11. The van der Waals surface area contributed by atoms with Gasteiger partial charge in [-0.15, -0.1) is 0 Å². The molecule has 1 heterocycles. The van der Waals surface area contributed by atoms with E-state index in [0.29, 0.717) is 19.8 Å². The van der Waals surface area contributed by atoms with Gasteiger partial charge in [0.2, 0.25) is 0 Å². The van der Waals surface area contributed by atoms with E-state index in [-0.39, 0.29) is 18.7 Å². The minimum absolute atomic E-state index is 0.0976. The Balaban J connectivity index is 1.70. The summed E-state index contributed by atoms with van der Waals surface area (Å²) >= 11 is 0. The van der Waals surface area contributed by atoms with Crippen LogP contribution in [-0.2, 0) is 4.74 Å². The summed E-state index contributed by atoms with van der Waals surface area (Å²) in [4.78, 5) is 14.0. The van der Waals surface area contributed by atoms with Crippen molar-refractivity contribution in [2.45, 2.75) is 13.0 Å². The first-order valence-electron chi connectivity index (χ1n) is 8.11. The van der Waals surface area contributed by atoms with Crippen LogP contribution in [-0.4, -0.2) is 48.4 Å². The smallest absolute Gasteiger partial charge is 0.322 e. The summed E-state index contributed by atoms with van der Waals surface area (Å²) in [6.45, 7) is 3.34. The normalized spacial score (nSPS) is 17.6. The van der Waals surface area contributed by atoms with Crippen LogP contribution in [0.1, 0.15) is 5.56 Å². The molecule has 0 spiro atoms. The first kappa shape index (κ1) is 16.5. The number of aryl methyl sites for hydroxylation is 1. The van der Waals surface area contributed by atoms with Crippen LogP contribution in [0.5, 0.6) is 0 Å². The Bertz CT molecular complexity index is 700. The molecule has 126 valence electrons. The lowest BCUT2D eigenvalue weighted by molar-refractivity contribution is -0.00485. The number of aliphatic hydroxyl groups excluding tert-OH is 1. The summed E-state index contributed by atoms with van der Waals surface area (Å²) in [5, 5.41) is 12.3. The highest BCUT2D eigenvalue weighted by Gasteiger charge is 2.26. The van der Waals surface area contributed by atoms with E-state index in [9.17, 15) is 9.90 Å². The third kappa shape index (κ3) is 3.58. The van der Waals surface area contributed by atoms with Crippen molar-refractivity contribution in [3.8, 4) is 11.1 Å². The summed E-state index contributed by atoms with van der Waals surface area (Å²) in [6.07, 6.45) is 0. The summed E-state index contributed by atoms with van der Waals surface area (Å²) < 4.78 is 5.30. The molecule has 2 aromatic rings. The SMILES string of the molecule is Cc1ccccc1-c1ccc(NC(=O)N2CCOC[C@@H]2CO)cc1. The summed E-state index contributed by atoms with van der Waals surface area (Å²) in [6, 6.07) is 15.5. The average molecular weight is 326 g/mol. The molecule has 2 amide bonds. The molecule has 1 fully saturated rings. The molecule has 24 heavy (non-hydrogen) atoms. The van der Waals surface area contributed by atoms with Crippen LogP contribution in [0.25, 0.3) is 11.1 Å².